The van der Waals surface area contributed by atoms with Gasteiger partial charge in [-0.25, -0.2) is 4.98 Å². The summed E-state index contributed by atoms with van der Waals surface area (Å²) >= 11 is 1.57. The van der Waals surface area contributed by atoms with Gasteiger partial charge in [-0.3, -0.25) is 5.43 Å². The van der Waals surface area contributed by atoms with Crippen LogP contribution >= 0.6 is 11.3 Å². The van der Waals surface area contributed by atoms with Crippen molar-refractivity contribution in [1.29, 1.82) is 0 Å². The van der Waals surface area contributed by atoms with Crippen molar-refractivity contribution in [2.24, 2.45) is 21.8 Å². The Morgan fingerprint density at radius 2 is 1.96 bits per heavy atom. The van der Waals surface area contributed by atoms with Gasteiger partial charge < -0.3 is 9.47 Å². The maximum Gasteiger partial charge on any atom is 0.203 e. The fourth-order valence-corrected chi connectivity index (χ4v) is 5.33. The highest BCUT2D eigenvalue weighted by Gasteiger charge is 2.59. The molecule has 0 saturated heterocycles. The van der Waals surface area contributed by atoms with Crippen LogP contribution in [0.25, 0.3) is 11.3 Å². The lowest BCUT2D eigenvalue weighted by molar-refractivity contribution is 0.194. The third-order valence-electron chi connectivity index (χ3n) is 6.98. The fraction of sp³-hybridized carbons (Fsp3) is 0.524. The molecule has 0 spiro atoms. The molecule has 2 aliphatic rings. The zero-order chi connectivity index (χ0) is 19.2. The highest BCUT2D eigenvalue weighted by Crippen LogP contribution is 2.63. The van der Waals surface area contributed by atoms with Gasteiger partial charge in [0.25, 0.3) is 0 Å². The van der Waals surface area contributed by atoms with Crippen LogP contribution in [0.2, 0.25) is 0 Å². The summed E-state index contributed by atoms with van der Waals surface area (Å²) in [6, 6.07) is 5.84. The van der Waals surface area contributed by atoms with Crippen molar-refractivity contribution in [3.05, 3.63) is 23.6 Å². The molecular formula is C21H27N3O2S. The van der Waals surface area contributed by atoms with Gasteiger partial charge in [0.1, 0.15) is 0 Å². The summed E-state index contributed by atoms with van der Waals surface area (Å²) < 4.78 is 10.7. The van der Waals surface area contributed by atoms with Crippen molar-refractivity contribution < 1.29 is 9.47 Å². The third kappa shape index (κ3) is 2.81. The second kappa shape index (κ2) is 6.51. The van der Waals surface area contributed by atoms with E-state index in [-0.39, 0.29) is 5.41 Å². The first-order valence-electron chi connectivity index (χ1n) is 9.40. The molecule has 2 fully saturated rings. The van der Waals surface area contributed by atoms with Crippen LogP contribution in [0.5, 0.6) is 11.5 Å². The molecule has 2 aliphatic carbocycles. The largest absolute Gasteiger partial charge is 0.493 e. The Kier molecular flexibility index (Phi) is 4.41. The molecule has 1 heterocycles. The Labute approximate surface area is 164 Å². The Bertz CT molecular complexity index is 889. The number of aromatic nitrogens is 1. The number of hydrogen-bond acceptors (Lipinski definition) is 6. The van der Waals surface area contributed by atoms with Crippen molar-refractivity contribution in [3.63, 3.8) is 0 Å². The summed E-state index contributed by atoms with van der Waals surface area (Å²) in [5, 5.41) is 7.64. The Balaban J connectivity index is 1.53. The molecule has 27 heavy (non-hydrogen) atoms. The lowest BCUT2D eigenvalue weighted by Crippen LogP contribution is -2.32. The normalized spacial score (nSPS) is 27.1. The molecule has 0 amide bonds. The summed E-state index contributed by atoms with van der Waals surface area (Å²) in [7, 11) is 3.28. The lowest BCUT2D eigenvalue weighted by atomic mass is 9.70. The summed E-state index contributed by atoms with van der Waals surface area (Å²) in [6.45, 7) is 7.16. The predicted molar refractivity (Wildman–Crippen MR) is 111 cm³/mol. The van der Waals surface area contributed by atoms with Crippen molar-refractivity contribution in [2.75, 3.05) is 19.6 Å². The van der Waals surface area contributed by atoms with Gasteiger partial charge >= 0.3 is 0 Å². The van der Waals surface area contributed by atoms with E-state index in [2.05, 4.69) is 26.2 Å². The monoisotopic (exact) mass is 385 g/mol. The average molecular weight is 386 g/mol. The number of hydrogen-bond donors (Lipinski definition) is 1. The number of nitrogens with one attached hydrogen (secondary N) is 1. The number of methoxy groups -OCH3 is 2. The van der Waals surface area contributed by atoms with Gasteiger partial charge in [0.2, 0.25) is 5.13 Å². The molecule has 2 atom stereocenters. The van der Waals surface area contributed by atoms with Gasteiger partial charge in [-0.2, -0.15) is 5.10 Å². The van der Waals surface area contributed by atoms with Gasteiger partial charge in [0.15, 0.2) is 11.5 Å². The van der Waals surface area contributed by atoms with E-state index in [0.717, 1.165) is 28.7 Å². The molecule has 1 aromatic heterocycles. The summed E-state index contributed by atoms with van der Waals surface area (Å²) in [6.07, 6.45) is 3.66. The highest BCUT2D eigenvalue weighted by molar-refractivity contribution is 7.14. The molecule has 0 radical (unpaired) electrons. The number of nitrogens with zero attached hydrogens (tertiary/aromatic N) is 2. The number of benzene rings is 1. The van der Waals surface area contributed by atoms with E-state index in [1.54, 1.807) is 25.6 Å². The number of thiazole rings is 1. The molecule has 1 N–H and O–H groups in total. The number of anilines is 1. The lowest BCUT2D eigenvalue weighted by Gasteiger charge is -2.34. The van der Waals surface area contributed by atoms with Crippen LogP contribution in [0.3, 0.4) is 0 Å². The molecule has 2 aromatic rings. The van der Waals surface area contributed by atoms with E-state index in [9.17, 15) is 0 Å². The smallest absolute Gasteiger partial charge is 0.203 e. The highest BCUT2D eigenvalue weighted by atomic mass is 32.1. The number of hydrazone groups is 1. The van der Waals surface area contributed by atoms with Crippen LogP contribution in [0.15, 0.2) is 28.7 Å². The van der Waals surface area contributed by atoms with Gasteiger partial charge in [0.05, 0.1) is 19.9 Å². The standard InChI is InChI=1S/C21H27N3O2S/c1-20(2)14-8-9-21(20,3)18(11-14)23-24-19-22-15(12-27-19)13-6-7-16(25-4)17(10-13)26-5/h6-7,10,12,14H,8-9,11H2,1-5H3,(H,22,24)/b23-18+/t14-,21-/m0/s1. The third-order valence-corrected chi connectivity index (χ3v) is 7.73. The SMILES string of the molecule is COc1ccc(-c2csc(N/N=C3\C[C@@H]4CC[C@]3(C)C4(C)C)n2)cc1OC. The molecular weight excluding hydrogens is 358 g/mol. The second-order valence-corrected chi connectivity index (χ2v) is 9.13. The Morgan fingerprint density at radius 3 is 2.59 bits per heavy atom. The van der Waals surface area contributed by atoms with Crippen molar-refractivity contribution in [3.8, 4) is 22.8 Å². The maximum absolute atomic E-state index is 5.39. The van der Waals surface area contributed by atoms with Gasteiger partial charge in [0, 0.05) is 22.1 Å². The van der Waals surface area contributed by atoms with Crippen molar-refractivity contribution >= 4 is 22.2 Å². The molecule has 1 aromatic carbocycles. The van der Waals surface area contributed by atoms with Crippen LogP contribution in [0.1, 0.15) is 40.0 Å². The maximum atomic E-state index is 5.39. The first kappa shape index (κ1) is 18.3. The zero-order valence-electron chi connectivity index (χ0n) is 16.6. The van der Waals surface area contributed by atoms with E-state index in [1.807, 2.05) is 23.6 Å². The molecule has 0 unspecified atom stereocenters. The Hall–Kier alpha value is -2.08. The fourth-order valence-electron chi connectivity index (χ4n) is 4.67. The van der Waals surface area contributed by atoms with Gasteiger partial charge in [-0.1, -0.05) is 20.8 Å². The number of rotatable bonds is 5. The topological polar surface area (TPSA) is 55.7 Å². The molecule has 6 heteroatoms. The summed E-state index contributed by atoms with van der Waals surface area (Å²) in [4.78, 5) is 4.70. The minimum absolute atomic E-state index is 0.202. The molecule has 2 saturated carbocycles. The minimum atomic E-state index is 0.202. The van der Waals surface area contributed by atoms with E-state index in [1.165, 1.54) is 18.6 Å². The van der Waals surface area contributed by atoms with E-state index >= 15 is 0 Å². The average Bonchev–Trinajstić information content (AvgIpc) is 3.28. The minimum Gasteiger partial charge on any atom is -0.493 e. The van der Waals surface area contributed by atoms with Crippen LogP contribution < -0.4 is 14.9 Å². The molecule has 5 nitrogen and oxygen atoms in total. The molecule has 2 bridgehead atoms. The zero-order valence-corrected chi connectivity index (χ0v) is 17.4. The summed E-state index contributed by atoms with van der Waals surface area (Å²) in [5.74, 6) is 2.17. The first-order chi connectivity index (χ1) is 12.9. The first-order valence-corrected chi connectivity index (χ1v) is 10.3. The second-order valence-electron chi connectivity index (χ2n) is 8.27. The van der Waals surface area contributed by atoms with Gasteiger partial charge in [-0.05, 0) is 48.8 Å². The molecule has 144 valence electrons. The molecule has 0 aliphatic heterocycles. The van der Waals surface area contributed by atoms with Crippen LogP contribution in [-0.2, 0) is 0 Å². The number of ether oxygens (including phenoxy) is 2. The molecule has 4 rings (SSSR count). The quantitative estimate of drug-likeness (QED) is 0.696. The van der Waals surface area contributed by atoms with Crippen molar-refractivity contribution in [1.82, 2.24) is 4.98 Å². The number of fused-ring (bicyclic) bond motifs is 2. The van der Waals surface area contributed by atoms with Crippen LogP contribution in [-0.4, -0.2) is 24.9 Å². The van der Waals surface area contributed by atoms with E-state index in [0.29, 0.717) is 16.9 Å². The Morgan fingerprint density at radius 1 is 1.19 bits per heavy atom. The van der Waals surface area contributed by atoms with E-state index < -0.39 is 0 Å². The van der Waals surface area contributed by atoms with Crippen LogP contribution in [0.4, 0.5) is 5.13 Å². The van der Waals surface area contributed by atoms with Gasteiger partial charge in [-0.15, -0.1) is 11.3 Å². The van der Waals surface area contributed by atoms with E-state index in [4.69, 9.17) is 19.6 Å². The van der Waals surface area contributed by atoms with Crippen molar-refractivity contribution in [2.45, 2.75) is 40.0 Å². The predicted octanol–water partition coefficient (Wildman–Crippen LogP) is 5.44. The summed E-state index contributed by atoms with van der Waals surface area (Å²) in [5.41, 5.74) is 6.95. The van der Waals surface area contributed by atoms with Crippen LogP contribution in [0, 0.1) is 16.7 Å².